The molecule has 3 heterocycles. The van der Waals surface area contributed by atoms with Gasteiger partial charge in [-0.3, -0.25) is 4.79 Å². The van der Waals surface area contributed by atoms with E-state index in [4.69, 9.17) is 0 Å². The summed E-state index contributed by atoms with van der Waals surface area (Å²) in [7, 11) is 1.97. The van der Waals surface area contributed by atoms with E-state index in [1.54, 1.807) is 12.1 Å². The number of amides is 1. The lowest BCUT2D eigenvalue weighted by atomic mass is 10.0. The number of carbonyl (C=O) groups is 1. The van der Waals surface area contributed by atoms with Crippen LogP contribution in [0.5, 0.6) is 0 Å². The molecule has 6 nitrogen and oxygen atoms in total. The molecular weight excluding hydrogens is 437 g/mol. The number of thiophene rings is 1. The van der Waals surface area contributed by atoms with Crippen LogP contribution in [0, 0.1) is 12.7 Å². The van der Waals surface area contributed by atoms with Gasteiger partial charge in [0.2, 0.25) is 0 Å². The lowest BCUT2D eigenvalue weighted by molar-refractivity contribution is 0.103. The standard InChI is InChI=1S/C25H26FN5OS/c1-16-20-15-23(33-25(20)31(29-16)19-6-4-3-5-7-19)24(32)28-18-8-9-22(21(26)14-18)30-12-10-17(27-2)11-13-30/h3-9,14-15,17,27H,10-13H2,1-2H3,(H,28,32). The van der Waals surface area contributed by atoms with Crippen molar-refractivity contribution < 1.29 is 9.18 Å². The van der Waals surface area contributed by atoms with Gasteiger partial charge in [0.15, 0.2) is 0 Å². The summed E-state index contributed by atoms with van der Waals surface area (Å²) < 4.78 is 16.7. The second kappa shape index (κ2) is 8.96. The zero-order valence-electron chi connectivity index (χ0n) is 18.6. The predicted octanol–water partition coefficient (Wildman–Crippen LogP) is 4.98. The van der Waals surface area contributed by atoms with E-state index in [1.807, 2.05) is 55.1 Å². The fraction of sp³-hybridized carbons (Fsp3) is 0.280. The molecule has 0 spiro atoms. The Balaban J connectivity index is 1.34. The molecule has 170 valence electrons. The second-order valence-corrected chi connectivity index (χ2v) is 9.36. The van der Waals surface area contributed by atoms with Gasteiger partial charge in [-0.1, -0.05) is 18.2 Å². The van der Waals surface area contributed by atoms with E-state index in [0.717, 1.165) is 47.5 Å². The number of para-hydroxylation sites is 1. The average Bonchev–Trinajstić information content (AvgIpc) is 3.41. The highest BCUT2D eigenvalue weighted by Crippen LogP contribution is 2.31. The zero-order valence-corrected chi connectivity index (χ0v) is 19.5. The van der Waals surface area contributed by atoms with E-state index in [9.17, 15) is 9.18 Å². The van der Waals surface area contributed by atoms with Gasteiger partial charge in [-0.05, 0) is 63.2 Å². The largest absolute Gasteiger partial charge is 0.369 e. The molecule has 8 heteroatoms. The Bertz CT molecular complexity index is 1290. The molecule has 0 bridgehead atoms. The highest BCUT2D eigenvalue weighted by Gasteiger charge is 2.21. The molecule has 0 radical (unpaired) electrons. The molecule has 2 aromatic heterocycles. The van der Waals surface area contributed by atoms with Gasteiger partial charge in [-0.15, -0.1) is 11.3 Å². The van der Waals surface area contributed by atoms with E-state index in [2.05, 4.69) is 20.6 Å². The van der Waals surface area contributed by atoms with Crippen molar-refractivity contribution in [3.63, 3.8) is 0 Å². The van der Waals surface area contributed by atoms with Gasteiger partial charge in [0.1, 0.15) is 10.6 Å². The van der Waals surface area contributed by atoms with Crippen molar-refractivity contribution in [2.75, 3.05) is 30.4 Å². The van der Waals surface area contributed by atoms with Gasteiger partial charge < -0.3 is 15.5 Å². The number of aromatic nitrogens is 2. The van der Waals surface area contributed by atoms with Crippen LogP contribution in [0.15, 0.2) is 54.6 Å². The Morgan fingerprint density at radius 3 is 2.58 bits per heavy atom. The predicted molar refractivity (Wildman–Crippen MR) is 132 cm³/mol. The van der Waals surface area contributed by atoms with Gasteiger partial charge >= 0.3 is 0 Å². The van der Waals surface area contributed by atoms with E-state index in [1.165, 1.54) is 17.4 Å². The number of nitrogens with zero attached hydrogens (tertiary/aromatic N) is 3. The second-order valence-electron chi connectivity index (χ2n) is 8.33. The number of fused-ring (bicyclic) bond motifs is 1. The molecule has 0 aliphatic carbocycles. The fourth-order valence-electron chi connectivity index (χ4n) is 4.35. The SMILES string of the molecule is CNC1CCN(c2ccc(NC(=O)c3cc4c(C)nn(-c5ccccc5)c4s3)cc2F)CC1. The lowest BCUT2D eigenvalue weighted by Crippen LogP contribution is -2.41. The molecule has 1 aliphatic heterocycles. The molecule has 1 aliphatic rings. The third kappa shape index (κ3) is 4.24. The van der Waals surface area contributed by atoms with Gasteiger partial charge in [0.25, 0.3) is 5.91 Å². The first-order chi connectivity index (χ1) is 16.0. The van der Waals surface area contributed by atoms with Crippen molar-refractivity contribution >= 4 is 38.8 Å². The van der Waals surface area contributed by atoms with Crippen LogP contribution < -0.4 is 15.5 Å². The third-order valence-electron chi connectivity index (χ3n) is 6.22. The summed E-state index contributed by atoms with van der Waals surface area (Å²) >= 11 is 1.38. The summed E-state index contributed by atoms with van der Waals surface area (Å²) in [5, 5.41) is 11.7. The van der Waals surface area contributed by atoms with Crippen LogP contribution in [0.1, 0.15) is 28.2 Å². The summed E-state index contributed by atoms with van der Waals surface area (Å²) in [4.78, 5) is 16.5. The smallest absolute Gasteiger partial charge is 0.265 e. The number of benzene rings is 2. The minimum Gasteiger partial charge on any atom is -0.369 e. The minimum atomic E-state index is -0.317. The maximum absolute atomic E-state index is 14.9. The number of anilines is 2. The van der Waals surface area contributed by atoms with Crippen LogP contribution in [0.2, 0.25) is 0 Å². The normalized spacial score (nSPS) is 14.7. The lowest BCUT2D eigenvalue weighted by Gasteiger charge is -2.33. The number of aryl methyl sites for hydroxylation is 1. The summed E-state index contributed by atoms with van der Waals surface area (Å²) in [6, 6.07) is 17.1. The maximum Gasteiger partial charge on any atom is 0.265 e. The monoisotopic (exact) mass is 463 g/mol. The van der Waals surface area contributed by atoms with E-state index in [0.29, 0.717) is 22.3 Å². The van der Waals surface area contributed by atoms with E-state index >= 15 is 0 Å². The van der Waals surface area contributed by atoms with Crippen LogP contribution in [-0.2, 0) is 0 Å². The maximum atomic E-state index is 14.9. The first kappa shape index (κ1) is 21.6. The minimum absolute atomic E-state index is 0.253. The molecule has 1 fully saturated rings. The fourth-order valence-corrected chi connectivity index (χ4v) is 5.42. The van der Waals surface area contributed by atoms with Crippen LogP contribution in [0.3, 0.4) is 0 Å². The van der Waals surface area contributed by atoms with Crippen molar-refractivity contribution in [1.29, 1.82) is 0 Å². The number of hydrogen-bond donors (Lipinski definition) is 2. The van der Waals surface area contributed by atoms with Crippen molar-refractivity contribution in [3.05, 3.63) is 71.0 Å². The van der Waals surface area contributed by atoms with Crippen molar-refractivity contribution in [2.45, 2.75) is 25.8 Å². The van der Waals surface area contributed by atoms with Crippen LogP contribution in [0.25, 0.3) is 15.9 Å². The molecule has 0 unspecified atom stereocenters. The summed E-state index contributed by atoms with van der Waals surface area (Å²) in [5.41, 5.74) is 2.84. The Labute approximate surface area is 196 Å². The molecule has 4 aromatic rings. The zero-order chi connectivity index (χ0) is 22.9. The van der Waals surface area contributed by atoms with E-state index in [-0.39, 0.29) is 11.7 Å². The Kier molecular flexibility index (Phi) is 5.86. The average molecular weight is 464 g/mol. The first-order valence-corrected chi connectivity index (χ1v) is 11.9. The summed E-state index contributed by atoms with van der Waals surface area (Å²) in [6.07, 6.45) is 1.97. The molecule has 5 rings (SSSR count). The number of hydrogen-bond acceptors (Lipinski definition) is 5. The molecule has 0 saturated carbocycles. The third-order valence-corrected chi connectivity index (χ3v) is 7.33. The number of piperidine rings is 1. The van der Waals surface area contributed by atoms with Crippen molar-refractivity contribution in [1.82, 2.24) is 15.1 Å². The molecule has 33 heavy (non-hydrogen) atoms. The number of rotatable bonds is 5. The molecule has 1 amide bonds. The first-order valence-electron chi connectivity index (χ1n) is 11.1. The number of carbonyl (C=O) groups excluding carboxylic acids is 1. The highest BCUT2D eigenvalue weighted by atomic mass is 32.1. The Hall–Kier alpha value is -3.23. The summed E-state index contributed by atoms with van der Waals surface area (Å²) in [6.45, 7) is 3.56. The van der Waals surface area contributed by atoms with Crippen LogP contribution in [-0.4, -0.2) is 41.9 Å². The number of halogens is 1. The molecular formula is C25H26FN5OS. The molecule has 2 N–H and O–H groups in total. The van der Waals surface area contributed by atoms with Crippen molar-refractivity contribution in [3.8, 4) is 5.69 Å². The highest BCUT2D eigenvalue weighted by molar-refractivity contribution is 7.20. The topological polar surface area (TPSA) is 62.2 Å². The quantitative estimate of drug-likeness (QED) is 0.438. The summed E-state index contributed by atoms with van der Waals surface area (Å²) in [5.74, 6) is -0.570. The molecule has 2 aromatic carbocycles. The van der Waals surface area contributed by atoms with Crippen molar-refractivity contribution in [2.24, 2.45) is 0 Å². The Morgan fingerprint density at radius 2 is 1.88 bits per heavy atom. The van der Waals surface area contributed by atoms with Gasteiger partial charge in [0, 0.05) is 30.2 Å². The van der Waals surface area contributed by atoms with Gasteiger partial charge in [-0.25, -0.2) is 9.07 Å². The molecule has 1 saturated heterocycles. The number of nitrogens with one attached hydrogen (secondary N) is 2. The van der Waals surface area contributed by atoms with E-state index < -0.39 is 0 Å². The molecule has 0 atom stereocenters. The Morgan fingerprint density at radius 1 is 1.12 bits per heavy atom. The van der Waals surface area contributed by atoms with Gasteiger partial charge in [0.05, 0.1) is 21.9 Å². The van der Waals surface area contributed by atoms with Crippen LogP contribution in [0.4, 0.5) is 15.8 Å². The van der Waals surface area contributed by atoms with Crippen LogP contribution >= 0.6 is 11.3 Å². The van der Waals surface area contributed by atoms with Gasteiger partial charge in [-0.2, -0.15) is 5.10 Å².